The van der Waals surface area contributed by atoms with E-state index in [0.29, 0.717) is 26.1 Å². The summed E-state index contributed by atoms with van der Waals surface area (Å²) < 4.78 is 120. The van der Waals surface area contributed by atoms with Gasteiger partial charge in [-0.05, 0) is 48.7 Å². The van der Waals surface area contributed by atoms with E-state index in [0.717, 1.165) is 36.4 Å². The molecule has 0 bridgehead atoms. The molecule has 0 radical (unpaired) electrons. The Balaban J connectivity index is 0.00000529. The Morgan fingerprint density at radius 1 is 1.16 bits per heavy atom. The molecule has 2 aromatic rings. The maximum Gasteiger partial charge on any atom is 0.419 e. The van der Waals surface area contributed by atoms with Crippen LogP contribution in [0.1, 0.15) is 29.5 Å². The van der Waals surface area contributed by atoms with Gasteiger partial charge < -0.3 is 14.2 Å². The lowest BCUT2D eigenvalue weighted by atomic mass is 9.94. The summed E-state index contributed by atoms with van der Waals surface area (Å²) in [4.78, 5) is 14.4. The zero-order chi connectivity index (χ0) is 31.4. The Hall–Kier alpha value is -2.97. The van der Waals surface area contributed by atoms with Gasteiger partial charge in [0.15, 0.2) is 21.7 Å². The standard InChI is InChI=1S/C29H31F6NO6S.ClH/c1-43(38,39)17-26(37)20-3-2-6-36(14-20)13-19-7-23-25(32)9-21(10-28(23)41-16-19)40-15-18-4-5-27(42-22(11-30)12-31)24(8-18)29(33,34)35;/h4-5,7-10,20,22H,2-3,6,11-17H2,1H3;1H/t20-;/m1./s1. The molecule has 7 nitrogen and oxygen atoms in total. The first-order valence-electron chi connectivity index (χ1n) is 13.5. The van der Waals surface area contributed by atoms with E-state index in [-0.39, 0.29) is 54.0 Å². The number of fused-ring (bicyclic) bond motifs is 1. The van der Waals surface area contributed by atoms with Gasteiger partial charge in [0.05, 0.1) is 11.1 Å². The van der Waals surface area contributed by atoms with E-state index >= 15 is 4.39 Å². The van der Waals surface area contributed by atoms with E-state index in [9.17, 15) is 35.2 Å². The van der Waals surface area contributed by atoms with Gasteiger partial charge in [-0.25, -0.2) is 21.6 Å². The van der Waals surface area contributed by atoms with E-state index in [4.69, 9.17) is 14.2 Å². The predicted molar refractivity (Wildman–Crippen MR) is 153 cm³/mol. The summed E-state index contributed by atoms with van der Waals surface area (Å²) in [6.45, 7) is -1.35. The van der Waals surface area contributed by atoms with Crippen LogP contribution in [-0.2, 0) is 27.4 Å². The number of halogens is 7. The fraction of sp³-hybridized carbons (Fsp3) is 0.483. The number of Topliss-reactive ketones (excluding diaryl/α,β-unsaturated/α-hetero) is 1. The highest BCUT2D eigenvalue weighted by molar-refractivity contribution is 7.91. The number of hydrogen-bond donors (Lipinski definition) is 0. The highest BCUT2D eigenvalue weighted by atomic mass is 35.5. The average molecular weight is 672 g/mol. The molecule has 0 saturated carbocycles. The molecule has 0 spiro atoms. The molecule has 0 aliphatic carbocycles. The number of piperidine rings is 1. The minimum Gasteiger partial charge on any atom is -0.489 e. The smallest absolute Gasteiger partial charge is 0.419 e. The summed E-state index contributed by atoms with van der Waals surface area (Å²) in [5.41, 5.74) is -0.238. The molecule has 2 aromatic carbocycles. The largest absolute Gasteiger partial charge is 0.489 e. The lowest BCUT2D eigenvalue weighted by Crippen LogP contribution is -2.41. The van der Waals surface area contributed by atoms with Gasteiger partial charge in [0, 0.05) is 37.4 Å². The molecule has 44 heavy (non-hydrogen) atoms. The zero-order valence-electron chi connectivity index (χ0n) is 23.7. The van der Waals surface area contributed by atoms with Crippen molar-refractivity contribution in [1.29, 1.82) is 0 Å². The second-order valence-corrected chi connectivity index (χ2v) is 12.8. The fourth-order valence-corrected chi connectivity index (χ4v) is 5.74. The number of benzene rings is 2. The Kier molecular flexibility index (Phi) is 12.0. The van der Waals surface area contributed by atoms with E-state index in [1.807, 2.05) is 4.90 Å². The lowest BCUT2D eigenvalue weighted by molar-refractivity contribution is -0.139. The summed E-state index contributed by atoms with van der Waals surface area (Å²) in [7, 11) is -3.42. The minimum atomic E-state index is -4.86. The highest BCUT2D eigenvalue weighted by Gasteiger charge is 2.35. The second-order valence-electron chi connectivity index (χ2n) is 10.7. The molecule has 2 aliphatic rings. The molecule has 2 aliphatic heterocycles. The molecule has 4 rings (SSSR count). The first-order valence-corrected chi connectivity index (χ1v) is 15.5. The van der Waals surface area contributed by atoms with Crippen LogP contribution >= 0.6 is 12.4 Å². The van der Waals surface area contributed by atoms with Crippen LogP contribution in [-0.4, -0.2) is 76.8 Å². The van der Waals surface area contributed by atoms with Crippen LogP contribution in [0.3, 0.4) is 0 Å². The van der Waals surface area contributed by atoms with Gasteiger partial charge in [-0.15, -0.1) is 12.4 Å². The van der Waals surface area contributed by atoms with Gasteiger partial charge in [-0.3, -0.25) is 9.69 Å². The molecular formula is C29H32ClF6NO6S. The van der Waals surface area contributed by atoms with Crippen molar-refractivity contribution in [3.05, 3.63) is 58.4 Å². The third-order valence-electron chi connectivity index (χ3n) is 7.01. The zero-order valence-corrected chi connectivity index (χ0v) is 25.3. The van der Waals surface area contributed by atoms with Gasteiger partial charge >= 0.3 is 6.18 Å². The van der Waals surface area contributed by atoms with Crippen molar-refractivity contribution in [3.63, 3.8) is 0 Å². The van der Waals surface area contributed by atoms with Crippen molar-refractivity contribution in [2.75, 3.05) is 51.6 Å². The van der Waals surface area contributed by atoms with Crippen molar-refractivity contribution in [2.24, 2.45) is 5.92 Å². The normalized spacial score (nSPS) is 17.3. The molecule has 0 unspecified atom stereocenters. The van der Waals surface area contributed by atoms with Crippen molar-refractivity contribution in [2.45, 2.75) is 31.7 Å². The molecule has 244 valence electrons. The molecular weight excluding hydrogens is 640 g/mol. The molecule has 0 amide bonds. The van der Waals surface area contributed by atoms with Crippen LogP contribution < -0.4 is 14.2 Å². The van der Waals surface area contributed by atoms with E-state index < -0.39 is 64.3 Å². The van der Waals surface area contributed by atoms with E-state index in [1.54, 1.807) is 6.08 Å². The van der Waals surface area contributed by atoms with Crippen molar-refractivity contribution in [1.82, 2.24) is 4.90 Å². The molecule has 15 heteroatoms. The summed E-state index contributed by atoms with van der Waals surface area (Å²) in [6, 6.07) is 5.44. The van der Waals surface area contributed by atoms with Crippen molar-refractivity contribution >= 4 is 34.1 Å². The monoisotopic (exact) mass is 671 g/mol. The quantitative estimate of drug-likeness (QED) is 0.271. The summed E-state index contributed by atoms with van der Waals surface area (Å²) in [5.74, 6) is -2.39. The van der Waals surface area contributed by atoms with Crippen LogP contribution in [0.15, 0.2) is 35.9 Å². The maximum atomic E-state index is 15.1. The van der Waals surface area contributed by atoms with Gasteiger partial charge in [0.1, 0.15) is 55.4 Å². The number of carbonyl (C=O) groups is 1. The Morgan fingerprint density at radius 2 is 1.89 bits per heavy atom. The predicted octanol–water partition coefficient (Wildman–Crippen LogP) is 5.63. The van der Waals surface area contributed by atoms with E-state index in [2.05, 4.69) is 0 Å². The summed E-state index contributed by atoms with van der Waals surface area (Å²) in [6.07, 6.45) is -2.54. The first kappa shape index (κ1) is 35.5. The molecule has 1 saturated heterocycles. The lowest BCUT2D eigenvalue weighted by Gasteiger charge is -2.33. The second kappa shape index (κ2) is 14.9. The van der Waals surface area contributed by atoms with Crippen LogP contribution in [0.5, 0.6) is 17.2 Å². The molecule has 0 aromatic heterocycles. The van der Waals surface area contributed by atoms with Crippen LogP contribution in [0.25, 0.3) is 6.08 Å². The van der Waals surface area contributed by atoms with E-state index in [1.165, 1.54) is 12.1 Å². The third kappa shape index (κ3) is 9.51. The van der Waals surface area contributed by atoms with Crippen LogP contribution in [0.2, 0.25) is 0 Å². The highest BCUT2D eigenvalue weighted by Crippen LogP contribution is 2.38. The summed E-state index contributed by atoms with van der Waals surface area (Å²) >= 11 is 0. The number of rotatable bonds is 12. The SMILES string of the molecule is CS(=O)(=O)CC(=O)[C@@H]1CCCN(CC2=Cc3c(F)cc(OCc4ccc(OC(CF)CF)c(C(F)(F)F)c4)cc3OC2)C1.Cl. The fourth-order valence-electron chi connectivity index (χ4n) is 4.99. The number of ether oxygens (including phenoxy) is 3. The van der Waals surface area contributed by atoms with Crippen molar-refractivity contribution in [3.8, 4) is 17.2 Å². The Labute approximate surface area is 257 Å². The average Bonchev–Trinajstić information content (AvgIpc) is 2.94. The number of sulfone groups is 1. The first-order chi connectivity index (χ1) is 20.3. The third-order valence-corrected chi connectivity index (χ3v) is 7.82. The minimum absolute atomic E-state index is 0. The number of likely N-dealkylation sites (tertiary alicyclic amines) is 1. The number of hydrogen-bond acceptors (Lipinski definition) is 7. The maximum absolute atomic E-state index is 15.1. The molecule has 2 heterocycles. The Morgan fingerprint density at radius 3 is 2.55 bits per heavy atom. The van der Waals surface area contributed by atoms with Gasteiger partial charge in [0.2, 0.25) is 0 Å². The van der Waals surface area contributed by atoms with Crippen LogP contribution in [0, 0.1) is 11.7 Å². The topological polar surface area (TPSA) is 82.1 Å². The Bertz CT molecular complexity index is 1460. The number of alkyl halides is 5. The van der Waals surface area contributed by atoms with Crippen molar-refractivity contribution < 1.29 is 53.8 Å². The number of ketones is 1. The molecule has 0 N–H and O–H groups in total. The van der Waals surface area contributed by atoms with Gasteiger partial charge in [-0.2, -0.15) is 13.2 Å². The number of carbonyl (C=O) groups excluding carboxylic acids is 1. The number of nitrogens with zero attached hydrogens (tertiary/aromatic N) is 1. The van der Waals surface area contributed by atoms with Crippen LogP contribution in [0.4, 0.5) is 26.3 Å². The van der Waals surface area contributed by atoms with Gasteiger partial charge in [0.25, 0.3) is 0 Å². The molecule has 1 fully saturated rings. The summed E-state index contributed by atoms with van der Waals surface area (Å²) in [5, 5.41) is 0. The molecule has 1 atom stereocenters. The van der Waals surface area contributed by atoms with Gasteiger partial charge in [-0.1, -0.05) is 6.07 Å².